The Balaban J connectivity index is 0.00000176. The van der Waals surface area contributed by atoms with E-state index in [1.165, 1.54) is 17.7 Å². The number of carbonyl (C=O) groups excluding carboxylic acids is 1. The number of nitrogens with one attached hydrogen (secondary N) is 2. The van der Waals surface area contributed by atoms with Gasteiger partial charge in [-0.1, -0.05) is 42.5 Å². The van der Waals surface area contributed by atoms with Crippen molar-refractivity contribution in [3.63, 3.8) is 0 Å². The lowest BCUT2D eigenvalue weighted by molar-refractivity contribution is 0.0946. The molecular weight excluding hydrogens is 462 g/mol. The van der Waals surface area contributed by atoms with Gasteiger partial charge >= 0.3 is 0 Å². The lowest BCUT2D eigenvalue weighted by atomic mass is 10.1. The largest absolute Gasteiger partial charge is 0.489 e. The van der Waals surface area contributed by atoms with Crippen LogP contribution in [0, 0.1) is 11.8 Å². The van der Waals surface area contributed by atoms with Crippen LogP contribution in [-0.4, -0.2) is 60.8 Å². The molecule has 3 aromatic rings. The van der Waals surface area contributed by atoms with E-state index >= 15 is 0 Å². The zero-order valence-corrected chi connectivity index (χ0v) is 21.2. The molecule has 194 valence electrons. The quantitative estimate of drug-likeness (QED) is 0.468. The van der Waals surface area contributed by atoms with E-state index in [1.807, 2.05) is 24.3 Å². The molecule has 37 heavy (non-hydrogen) atoms. The van der Waals surface area contributed by atoms with Gasteiger partial charge in [0.05, 0.1) is 6.20 Å². The molecule has 0 radical (unpaired) electrons. The molecule has 1 saturated carbocycles. The maximum Gasteiger partial charge on any atom is 0.270 e. The minimum Gasteiger partial charge on any atom is -0.489 e. The normalized spacial score (nSPS) is 20.8. The third kappa shape index (κ3) is 5.47. The number of nitrogens with zero attached hydrogens (tertiary/aromatic N) is 3. The van der Waals surface area contributed by atoms with Crippen LogP contribution >= 0.6 is 0 Å². The van der Waals surface area contributed by atoms with Gasteiger partial charge in [-0.25, -0.2) is 0 Å². The summed E-state index contributed by atoms with van der Waals surface area (Å²) < 4.78 is 6.06. The van der Waals surface area contributed by atoms with Crippen molar-refractivity contribution in [1.29, 1.82) is 0 Å². The van der Waals surface area contributed by atoms with Crippen LogP contribution in [0.4, 0.5) is 5.69 Å². The minimum absolute atomic E-state index is 0. The average molecular weight is 500 g/mol. The molecular formula is C30H37N5O2. The van der Waals surface area contributed by atoms with E-state index in [-0.39, 0.29) is 8.76 Å². The Morgan fingerprint density at radius 3 is 2.78 bits per heavy atom. The summed E-state index contributed by atoms with van der Waals surface area (Å²) in [6, 6.07) is 16.3. The lowest BCUT2D eigenvalue weighted by Crippen LogP contribution is -2.44. The van der Waals surface area contributed by atoms with E-state index in [0.29, 0.717) is 24.8 Å². The fraction of sp³-hybridized carbons (Fsp3) is 0.333. The summed E-state index contributed by atoms with van der Waals surface area (Å²) in [5.41, 5.74) is 5.61. The van der Waals surface area contributed by atoms with Crippen LogP contribution in [0.15, 0.2) is 78.5 Å². The summed E-state index contributed by atoms with van der Waals surface area (Å²) in [7, 11) is 2.16. The van der Waals surface area contributed by atoms with Crippen molar-refractivity contribution in [2.24, 2.45) is 11.8 Å². The molecule has 6 rings (SSSR count). The molecule has 2 unspecified atom stereocenters. The Hall–Kier alpha value is -3.84. The van der Waals surface area contributed by atoms with Gasteiger partial charge in [-0.05, 0) is 66.3 Å². The molecule has 1 amide bonds. The fourth-order valence-electron chi connectivity index (χ4n) is 5.08. The Bertz CT molecular complexity index is 1330. The molecule has 2 atom stereocenters. The number of aromatic nitrogens is 2. The van der Waals surface area contributed by atoms with Crippen molar-refractivity contribution in [3.05, 3.63) is 89.8 Å². The topological polar surface area (TPSA) is 73.5 Å². The van der Waals surface area contributed by atoms with E-state index in [9.17, 15) is 4.79 Å². The van der Waals surface area contributed by atoms with Gasteiger partial charge in [0.25, 0.3) is 5.91 Å². The molecule has 1 aliphatic heterocycles. The third-order valence-electron chi connectivity index (χ3n) is 7.55. The highest BCUT2D eigenvalue weighted by Crippen LogP contribution is 2.44. The first-order valence-corrected chi connectivity index (χ1v) is 13.1. The number of anilines is 1. The van der Waals surface area contributed by atoms with E-state index < -0.39 is 0 Å². The van der Waals surface area contributed by atoms with Crippen LogP contribution in [0.25, 0.3) is 11.1 Å². The molecule has 1 aromatic heterocycles. The summed E-state index contributed by atoms with van der Waals surface area (Å²) in [4.78, 5) is 17.8. The number of hydrogen-bond donors (Lipinski definition) is 2. The number of carbonyl (C=O) groups is 1. The van der Waals surface area contributed by atoms with E-state index in [0.717, 1.165) is 54.5 Å². The number of hydrogen-bond acceptors (Lipinski definition) is 5. The summed E-state index contributed by atoms with van der Waals surface area (Å²) in [6.45, 7) is 5.24. The predicted octanol–water partition coefficient (Wildman–Crippen LogP) is 4.76. The van der Waals surface area contributed by atoms with E-state index in [4.69, 9.17) is 4.74 Å². The number of fused-ring (bicyclic) bond motifs is 1. The number of amides is 1. The SMILES string of the molecule is CN1CCN(c2ccc(CNC(=O)c3[nH]ncc3-c3cccc(OCC4=CC5CC5C=C4)c3)cc2)CC1.[HH].[HH]. The van der Waals surface area contributed by atoms with Crippen LogP contribution in [-0.2, 0) is 6.54 Å². The number of aromatic amines is 1. The maximum atomic E-state index is 13.0. The van der Waals surface area contributed by atoms with Crippen molar-refractivity contribution in [1.82, 2.24) is 20.4 Å². The highest BCUT2D eigenvalue weighted by atomic mass is 16.5. The average Bonchev–Trinajstić information content (AvgIpc) is 3.54. The van der Waals surface area contributed by atoms with Crippen molar-refractivity contribution < 1.29 is 12.4 Å². The number of ether oxygens (including phenoxy) is 1. The van der Waals surface area contributed by atoms with Crippen LogP contribution in [0.3, 0.4) is 0 Å². The van der Waals surface area contributed by atoms with Gasteiger partial charge in [0.15, 0.2) is 0 Å². The van der Waals surface area contributed by atoms with Gasteiger partial charge in [-0.2, -0.15) is 5.10 Å². The second kappa shape index (κ2) is 10.3. The first kappa shape index (κ1) is 23.6. The summed E-state index contributed by atoms with van der Waals surface area (Å²) >= 11 is 0. The van der Waals surface area contributed by atoms with Crippen molar-refractivity contribution >= 4 is 11.6 Å². The van der Waals surface area contributed by atoms with Crippen molar-refractivity contribution in [2.75, 3.05) is 44.7 Å². The van der Waals surface area contributed by atoms with Gasteiger partial charge in [0, 0.05) is 46.8 Å². The molecule has 0 spiro atoms. The van der Waals surface area contributed by atoms with E-state index in [1.54, 1.807) is 6.20 Å². The zero-order chi connectivity index (χ0) is 25.2. The van der Waals surface area contributed by atoms with Gasteiger partial charge in [-0.15, -0.1) is 0 Å². The molecule has 2 N–H and O–H groups in total. The van der Waals surface area contributed by atoms with Crippen molar-refractivity contribution in [2.45, 2.75) is 13.0 Å². The Kier molecular flexibility index (Phi) is 6.53. The van der Waals surface area contributed by atoms with Crippen LogP contribution in [0.2, 0.25) is 0 Å². The molecule has 3 aliphatic rings. The number of allylic oxidation sites excluding steroid dienone is 2. The summed E-state index contributed by atoms with van der Waals surface area (Å²) in [6.07, 6.45) is 9.75. The smallest absolute Gasteiger partial charge is 0.270 e. The number of H-pyrrole nitrogens is 1. The molecule has 0 bridgehead atoms. The Morgan fingerprint density at radius 2 is 1.97 bits per heavy atom. The van der Waals surface area contributed by atoms with Gasteiger partial charge in [-0.3, -0.25) is 9.89 Å². The Morgan fingerprint density at radius 1 is 1.14 bits per heavy atom. The number of rotatable bonds is 8. The van der Waals surface area contributed by atoms with Gasteiger partial charge in [0.1, 0.15) is 18.1 Å². The molecule has 7 heteroatoms. The molecule has 1 saturated heterocycles. The second-order valence-electron chi connectivity index (χ2n) is 10.3. The molecule has 2 aromatic carbocycles. The lowest BCUT2D eigenvalue weighted by Gasteiger charge is -2.34. The predicted molar refractivity (Wildman–Crippen MR) is 150 cm³/mol. The first-order chi connectivity index (χ1) is 18.1. The fourth-order valence-corrected chi connectivity index (χ4v) is 5.08. The number of piperazine rings is 1. The second-order valence-corrected chi connectivity index (χ2v) is 10.3. The van der Waals surface area contributed by atoms with Crippen LogP contribution in [0.1, 0.15) is 25.3 Å². The van der Waals surface area contributed by atoms with Gasteiger partial charge < -0.3 is 19.9 Å². The maximum absolute atomic E-state index is 13.0. The number of benzene rings is 2. The van der Waals surface area contributed by atoms with Crippen LogP contribution in [0.5, 0.6) is 5.75 Å². The molecule has 2 heterocycles. The standard InChI is InChI=1S/C30H33N5O2.2H2/c1-34-11-13-35(14-12-34)26-9-6-21(7-10-26)18-31-30(36)29-28(19-32-33-29)24-3-2-4-27(17-24)37-20-22-5-8-23-16-25(23)15-22;;/h2-10,15,17,19,23,25H,11-14,16,18,20H2,1H3,(H,31,36)(H,32,33);2*1H. The number of likely N-dealkylation sites (N-methyl/N-ethyl adjacent to an activating group) is 1. The Labute approximate surface area is 220 Å². The molecule has 2 fully saturated rings. The van der Waals surface area contributed by atoms with E-state index in [2.05, 4.69) is 74.9 Å². The van der Waals surface area contributed by atoms with Crippen molar-refractivity contribution in [3.8, 4) is 16.9 Å². The zero-order valence-electron chi connectivity index (χ0n) is 21.2. The first-order valence-electron chi connectivity index (χ1n) is 13.1. The van der Waals surface area contributed by atoms with Gasteiger partial charge in [0.2, 0.25) is 0 Å². The monoisotopic (exact) mass is 499 g/mol. The third-order valence-corrected chi connectivity index (χ3v) is 7.55. The highest BCUT2D eigenvalue weighted by molar-refractivity contribution is 5.98. The summed E-state index contributed by atoms with van der Waals surface area (Å²) in [5, 5.41) is 10.1. The van der Waals surface area contributed by atoms with Crippen LogP contribution < -0.4 is 15.0 Å². The summed E-state index contributed by atoms with van der Waals surface area (Å²) in [5.74, 6) is 2.05. The molecule has 2 aliphatic carbocycles. The minimum atomic E-state index is -0.182. The highest BCUT2D eigenvalue weighted by Gasteiger charge is 2.34. The molecule has 7 nitrogen and oxygen atoms in total.